The number of pyridine rings is 1. The highest BCUT2D eigenvalue weighted by atomic mass is 19.4. The number of nitrogen functional groups attached to an aromatic ring is 1. The van der Waals surface area contributed by atoms with Gasteiger partial charge in [-0.05, 0) is 43.3 Å². The van der Waals surface area contributed by atoms with Crippen molar-refractivity contribution >= 4 is 11.3 Å². The van der Waals surface area contributed by atoms with Gasteiger partial charge in [-0.2, -0.15) is 32.6 Å². The highest BCUT2D eigenvalue weighted by Crippen LogP contribution is 2.36. The Hall–Kier alpha value is -4.48. The van der Waals surface area contributed by atoms with Crippen LogP contribution in [0.15, 0.2) is 60.8 Å². The molecule has 5 aromatic rings. The van der Waals surface area contributed by atoms with Crippen LogP contribution in [0.2, 0.25) is 0 Å². The van der Waals surface area contributed by atoms with Crippen LogP contribution in [0.3, 0.4) is 0 Å². The summed E-state index contributed by atoms with van der Waals surface area (Å²) >= 11 is 0. The predicted octanol–water partition coefficient (Wildman–Crippen LogP) is 4.61. The molecule has 0 aliphatic carbocycles. The lowest BCUT2D eigenvalue weighted by Crippen LogP contribution is -2.20. The van der Waals surface area contributed by atoms with E-state index in [0.29, 0.717) is 39.5 Å². The van der Waals surface area contributed by atoms with Crippen molar-refractivity contribution < 1.29 is 22.3 Å². The summed E-state index contributed by atoms with van der Waals surface area (Å²) < 4.78 is 59.7. The average Bonchev–Trinajstić information content (AvgIpc) is 3.37. The van der Waals surface area contributed by atoms with Crippen molar-refractivity contribution in [3.05, 3.63) is 72.3 Å². The van der Waals surface area contributed by atoms with Crippen LogP contribution in [0.4, 0.5) is 23.4 Å². The Morgan fingerprint density at radius 1 is 1.03 bits per heavy atom. The zero-order valence-electron chi connectivity index (χ0n) is 18.2. The van der Waals surface area contributed by atoms with Crippen LogP contribution >= 0.6 is 0 Å². The summed E-state index contributed by atoms with van der Waals surface area (Å²) in [7, 11) is 0. The van der Waals surface area contributed by atoms with E-state index in [1.807, 2.05) is 0 Å². The molecule has 12 heteroatoms. The number of ether oxygens (including phenoxy) is 1. The zero-order chi connectivity index (χ0) is 24.7. The molecule has 0 saturated heterocycles. The van der Waals surface area contributed by atoms with Gasteiger partial charge in [0.15, 0.2) is 6.61 Å². The van der Waals surface area contributed by atoms with Crippen molar-refractivity contribution in [2.45, 2.75) is 13.1 Å². The Morgan fingerprint density at radius 2 is 1.80 bits per heavy atom. The summed E-state index contributed by atoms with van der Waals surface area (Å²) in [5.41, 5.74) is 8.90. The summed E-state index contributed by atoms with van der Waals surface area (Å²) in [5.74, 6) is -0.0270. The number of hydrogen-bond donors (Lipinski definition) is 1. The monoisotopic (exact) mass is 483 g/mol. The van der Waals surface area contributed by atoms with Crippen molar-refractivity contribution in [3.63, 3.8) is 0 Å². The summed E-state index contributed by atoms with van der Waals surface area (Å²) in [5, 5.41) is 8.80. The molecule has 4 heterocycles. The molecular weight excluding hydrogens is 466 g/mol. The quantitative estimate of drug-likeness (QED) is 0.367. The van der Waals surface area contributed by atoms with Gasteiger partial charge in [-0.15, -0.1) is 0 Å². The second kappa shape index (κ2) is 8.38. The number of benzene rings is 1. The summed E-state index contributed by atoms with van der Waals surface area (Å²) in [6.07, 6.45) is -3.02. The highest BCUT2D eigenvalue weighted by molar-refractivity contribution is 5.91. The molecule has 178 valence electrons. The van der Waals surface area contributed by atoms with Gasteiger partial charge in [-0.1, -0.05) is 6.07 Å². The fourth-order valence-corrected chi connectivity index (χ4v) is 3.64. The molecule has 0 atom stereocenters. The first kappa shape index (κ1) is 22.3. The topological polar surface area (TPSA) is 96.2 Å². The van der Waals surface area contributed by atoms with E-state index in [4.69, 9.17) is 10.5 Å². The fraction of sp³-hybridized carbons (Fsp3) is 0.130. The van der Waals surface area contributed by atoms with Crippen molar-refractivity contribution in [2.24, 2.45) is 0 Å². The van der Waals surface area contributed by atoms with Gasteiger partial charge in [0, 0.05) is 23.9 Å². The molecule has 0 unspecified atom stereocenters. The summed E-state index contributed by atoms with van der Waals surface area (Å²) in [4.78, 5) is 8.83. The molecular formula is C23H17F4N7O. The van der Waals surface area contributed by atoms with Crippen molar-refractivity contribution in [1.29, 1.82) is 0 Å². The number of hydrogen-bond acceptors (Lipinski definition) is 6. The zero-order valence-corrected chi connectivity index (χ0v) is 18.2. The summed E-state index contributed by atoms with van der Waals surface area (Å²) in [6, 6.07) is 13.5. The van der Waals surface area contributed by atoms with Crippen LogP contribution in [0, 0.1) is 12.7 Å². The van der Waals surface area contributed by atoms with Crippen LogP contribution in [-0.2, 0) is 0 Å². The predicted molar refractivity (Wildman–Crippen MR) is 119 cm³/mol. The van der Waals surface area contributed by atoms with Crippen molar-refractivity contribution in [2.75, 3.05) is 12.3 Å². The van der Waals surface area contributed by atoms with Crippen LogP contribution in [0.5, 0.6) is 5.88 Å². The maximum atomic E-state index is 13.6. The molecule has 0 bridgehead atoms. The Balaban J connectivity index is 1.72. The molecule has 35 heavy (non-hydrogen) atoms. The number of aryl methyl sites for hydroxylation is 1. The fourth-order valence-electron chi connectivity index (χ4n) is 3.64. The van der Waals surface area contributed by atoms with Crippen LogP contribution < -0.4 is 10.5 Å². The highest BCUT2D eigenvalue weighted by Gasteiger charge is 2.29. The molecule has 2 N–H and O–H groups in total. The van der Waals surface area contributed by atoms with E-state index in [2.05, 4.69) is 20.2 Å². The number of fused-ring (bicyclic) bond motifs is 1. The normalized spacial score (nSPS) is 11.8. The third kappa shape index (κ3) is 4.37. The Kier molecular flexibility index (Phi) is 5.35. The van der Waals surface area contributed by atoms with Crippen molar-refractivity contribution in [3.8, 4) is 34.3 Å². The Morgan fingerprint density at radius 3 is 2.49 bits per heavy atom. The lowest BCUT2D eigenvalue weighted by Gasteiger charge is -2.10. The smallest absolute Gasteiger partial charge is 0.422 e. The van der Waals surface area contributed by atoms with Crippen molar-refractivity contribution in [1.82, 2.24) is 29.4 Å². The minimum Gasteiger partial charge on any atom is -0.468 e. The third-order valence-electron chi connectivity index (χ3n) is 5.07. The molecule has 8 nitrogen and oxygen atoms in total. The molecule has 0 fully saturated rings. The minimum absolute atomic E-state index is 0.115. The first-order chi connectivity index (χ1) is 16.7. The number of rotatable bonds is 5. The molecule has 0 radical (unpaired) electrons. The lowest BCUT2D eigenvalue weighted by molar-refractivity contribution is -0.154. The Labute approximate surface area is 195 Å². The molecule has 0 amide bonds. The second-order valence-electron chi connectivity index (χ2n) is 7.66. The second-order valence-corrected chi connectivity index (χ2v) is 7.66. The van der Waals surface area contributed by atoms with E-state index in [-0.39, 0.29) is 11.8 Å². The van der Waals surface area contributed by atoms with Gasteiger partial charge in [-0.25, -0.2) is 14.4 Å². The molecule has 0 aliphatic rings. The van der Waals surface area contributed by atoms with E-state index in [1.165, 1.54) is 45.7 Å². The maximum Gasteiger partial charge on any atom is 0.422 e. The lowest BCUT2D eigenvalue weighted by atomic mass is 10.0. The number of anilines is 1. The van der Waals surface area contributed by atoms with E-state index in [0.717, 1.165) is 0 Å². The van der Waals surface area contributed by atoms with Gasteiger partial charge in [0.1, 0.15) is 17.3 Å². The molecule has 1 aromatic carbocycles. The number of halogens is 4. The van der Waals surface area contributed by atoms with E-state index < -0.39 is 18.6 Å². The minimum atomic E-state index is -4.53. The molecule has 5 rings (SSSR count). The molecule has 0 spiro atoms. The van der Waals surface area contributed by atoms with Gasteiger partial charge in [0.05, 0.1) is 22.5 Å². The molecule has 4 aromatic heterocycles. The largest absolute Gasteiger partial charge is 0.468 e. The van der Waals surface area contributed by atoms with Gasteiger partial charge >= 0.3 is 6.18 Å². The van der Waals surface area contributed by atoms with Gasteiger partial charge < -0.3 is 10.5 Å². The number of alkyl halides is 3. The van der Waals surface area contributed by atoms with E-state index in [9.17, 15) is 17.6 Å². The summed E-state index contributed by atoms with van der Waals surface area (Å²) in [6.45, 7) is 0.292. The molecule has 0 saturated carbocycles. The first-order valence-electron chi connectivity index (χ1n) is 10.3. The standard InChI is InChI=1S/C23H17F4N7O/c1-13-11-18(28)34(31-13)22-29-10-9-16(30-22)20-17-3-2-4-19(35-12-23(25,26)27)33(17)32-21(20)14-5-7-15(24)8-6-14/h2-11H,12,28H2,1H3. The van der Waals surface area contributed by atoms with Gasteiger partial charge in [0.2, 0.25) is 5.88 Å². The Bertz CT molecular complexity index is 1520. The van der Waals surface area contributed by atoms with Gasteiger partial charge in [0.25, 0.3) is 5.95 Å². The third-order valence-corrected chi connectivity index (χ3v) is 5.07. The first-order valence-corrected chi connectivity index (χ1v) is 10.3. The average molecular weight is 483 g/mol. The van der Waals surface area contributed by atoms with E-state index >= 15 is 0 Å². The van der Waals surface area contributed by atoms with Gasteiger partial charge in [-0.3, -0.25) is 0 Å². The molecule has 0 aliphatic heterocycles. The van der Waals surface area contributed by atoms with Crippen LogP contribution in [-0.4, -0.2) is 42.1 Å². The SMILES string of the molecule is Cc1cc(N)n(-c2nccc(-c3c(-c4ccc(F)cc4)nn4c(OCC(F)(F)F)cccc34)n2)n1. The van der Waals surface area contributed by atoms with Crippen LogP contribution in [0.25, 0.3) is 34.0 Å². The van der Waals surface area contributed by atoms with E-state index in [1.54, 1.807) is 31.2 Å². The maximum absolute atomic E-state index is 13.6. The number of nitrogens with two attached hydrogens (primary N) is 1. The van der Waals surface area contributed by atoms with Crippen LogP contribution in [0.1, 0.15) is 5.69 Å². The number of nitrogens with zero attached hydrogens (tertiary/aromatic N) is 6. The number of aromatic nitrogens is 6.